The Morgan fingerprint density at radius 2 is 1.77 bits per heavy atom. The smallest absolute Gasteiger partial charge is 0.299 e. The molecule has 0 fully saturated rings. The van der Waals surface area contributed by atoms with Gasteiger partial charge in [0.2, 0.25) is 10.0 Å². The van der Waals surface area contributed by atoms with Gasteiger partial charge in [0.1, 0.15) is 0 Å². The first-order chi connectivity index (χ1) is 14.9. The van der Waals surface area contributed by atoms with Gasteiger partial charge >= 0.3 is 0 Å². The lowest BCUT2D eigenvalue weighted by Gasteiger charge is -2.21. The fourth-order valence-corrected chi connectivity index (χ4v) is 4.32. The summed E-state index contributed by atoms with van der Waals surface area (Å²) < 4.78 is 32.9. The van der Waals surface area contributed by atoms with Crippen molar-refractivity contribution in [1.29, 1.82) is 0 Å². The van der Waals surface area contributed by atoms with Crippen molar-refractivity contribution in [3.63, 3.8) is 0 Å². The molecule has 31 heavy (non-hydrogen) atoms. The van der Waals surface area contributed by atoms with Gasteiger partial charge in [0.05, 0.1) is 17.6 Å². The molecule has 4 rings (SSSR count). The highest BCUT2D eigenvalue weighted by atomic mass is 32.2. The summed E-state index contributed by atoms with van der Waals surface area (Å²) in [5.74, 6) is 0.539. The normalized spacial score (nSPS) is 11.3. The van der Waals surface area contributed by atoms with E-state index < -0.39 is 10.0 Å². The number of nitrogens with zero attached hydrogens (tertiary/aromatic N) is 3. The maximum atomic E-state index is 12.9. The average molecular weight is 435 g/mol. The van der Waals surface area contributed by atoms with Crippen molar-refractivity contribution in [2.75, 3.05) is 16.7 Å². The number of hydrogen-bond acceptors (Lipinski definition) is 6. The minimum atomic E-state index is -3.54. The van der Waals surface area contributed by atoms with Crippen molar-refractivity contribution >= 4 is 27.4 Å². The summed E-state index contributed by atoms with van der Waals surface area (Å²) in [5.41, 5.74) is 3.80. The molecule has 1 N–H and O–H groups in total. The van der Waals surface area contributed by atoms with E-state index in [1.165, 1.54) is 4.31 Å². The van der Waals surface area contributed by atoms with Crippen molar-refractivity contribution < 1.29 is 12.8 Å². The van der Waals surface area contributed by atoms with Crippen LogP contribution in [0.4, 0.5) is 17.4 Å². The number of aromatic nitrogens is 2. The Morgan fingerprint density at radius 1 is 1.03 bits per heavy atom. The van der Waals surface area contributed by atoms with Crippen molar-refractivity contribution in [3.8, 4) is 11.3 Å². The molecule has 0 radical (unpaired) electrons. The van der Waals surface area contributed by atoms with Crippen LogP contribution in [-0.4, -0.2) is 25.4 Å². The Labute approximate surface area is 181 Å². The molecule has 0 saturated carbocycles. The second kappa shape index (κ2) is 8.61. The second-order valence-electron chi connectivity index (χ2n) is 7.10. The number of rotatable bonds is 7. The fourth-order valence-electron chi connectivity index (χ4n) is 3.08. The van der Waals surface area contributed by atoms with Gasteiger partial charge in [-0.3, -0.25) is 9.29 Å². The summed E-state index contributed by atoms with van der Waals surface area (Å²) in [6, 6.07) is 18.5. The predicted octanol–water partition coefficient (Wildman–Crippen LogP) is 4.75. The molecule has 0 bridgehead atoms. The van der Waals surface area contributed by atoms with Crippen LogP contribution >= 0.6 is 0 Å². The third-order valence-electron chi connectivity index (χ3n) is 4.91. The molecule has 0 unspecified atom stereocenters. The van der Waals surface area contributed by atoms with Crippen LogP contribution in [-0.2, 0) is 15.8 Å². The van der Waals surface area contributed by atoms with E-state index in [-0.39, 0.29) is 5.75 Å². The molecule has 0 aliphatic heterocycles. The Kier molecular flexibility index (Phi) is 5.73. The van der Waals surface area contributed by atoms with Gasteiger partial charge in [-0.15, -0.1) is 0 Å². The highest BCUT2D eigenvalue weighted by Crippen LogP contribution is 2.29. The first kappa shape index (κ1) is 20.6. The van der Waals surface area contributed by atoms with Crippen molar-refractivity contribution in [2.24, 2.45) is 0 Å². The topological polar surface area (TPSA) is 88.3 Å². The lowest BCUT2D eigenvalue weighted by molar-refractivity contribution is 0.592. The summed E-state index contributed by atoms with van der Waals surface area (Å²) in [6.45, 7) is 1.93. The molecule has 2 aromatic carbocycles. The Bertz CT molecular complexity index is 1270. The molecular weight excluding hydrogens is 412 g/mol. The Hall–Kier alpha value is -3.65. The van der Waals surface area contributed by atoms with Gasteiger partial charge in [-0.1, -0.05) is 36.4 Å². The van der Waals surface area contributed by atoms with Crippen molar-refractivity contribution in [2.45, 2.75) is 12.7 Å². The molecule has 8 heteroatoms. The van der Waals surface area contributed by atoms with E-state index in [9.17, 15) is 8.42 Å². The number of oxazole rings is 1. The van der Waals surface area contributed by atoms with Crippen LogP contribution in [0.15, 0.2) is 83.7 Å². The van der Waals surface area contributed by atoms with Crippen molar-refractivity contribution in [3.05, 3.63) is 90.4 Å². The summed E-state index contributed by atoms with van der Waals surface area (Å²) in [4.78, 5) is 8.28. The van der Waals surface area contributed by atoms with Gasteiger partial charge in [0.15, 0.2) is 5.76 Å². The maximum Gasteiger partial charge on any atom is 0.299 e. The number of hydrogen-bond donors (Lipinski definition) is 1. The van der Waals surface area contributed by atoms with Crippen LogP contribution in [0.3, 0.4) is 0 Å². The van der Waals surface area contributed by atoms with E-state index >= 15 is 0 Å². The molecule has 0 spiro atoms. The summed E-state index contributed by atoms with van der Waals surface area (Å²) in [5, 5.41) is 3.14. The largest absolute Gasteiger partial charge is 0.423 e. The van der Waals surface area contributed by atoms with Gasteiger partial charge in [-0.25, -0.2) is 13.4 Å². The molecule has 2 aromatic heterocycles. The number of benzene rings is 2. The number of aryl methyl sites for hydroxylation is 1. The highest BCUT2D eigenvalue weighted by Gasteiger charge is 2.20. The van der Waals surface area contributed by atoms with Crippen LogP contribution in [0, 0.1) is 6.92 Å². The second-order valence-corrected chi connectivity index (χ2v) is 9.10. The fraction of sp³-hybridized carbons (Fsp3) is 0.130. The predicted molar refractivity (Wildman–Crippen MR) is 122 cm³/mol. The molecular formula is C23H22N4O3S. The number of sulfonamides is 1. The summed E-state index contributed by atoms with van der Waals surface area (Å²) >= 11 is 0. The standard InChI is InChI=1S/C23H22N4O3S/c1-17-8-9-20(27(2)31(28,29)16-18-6-4-3-5-7-18)14-21(17)26-23-25-15-22(30-23)19-10-12-24-13-11-19/h3-15H,16H2,1-2H3,(H,25,26). The lowest BCUT2D eigenvalue weighted by Crippen LogP contribution is -2.27. The SMILES string of the molecule is Cc1ccc(N(C)S(=O)(=O)Cc2ccccc2)cc1Nc1ncc(-c2ccncc2)o1. The van der Waals surface area contributed by atoms with Gasteiger partial charge in [0, 0.05) is 30.7 Å². The Morgan fingerprint density at radius 3 is 2.52 bits per heavy atom. The van der Waals surface area contributed by atoms with E-state index in [1.54, 1.807) is 49.9 Å². The maximum absolute atomic E-state index is 12.9. The molecule has 0 saturated heterocycles. The minimum Gasteiger partial charge on any atom is -0.423 e. The van der Waals surface area contributed by atoms with E-state index in [0.29, 0.717) is 23.1 Å². The van der Waals surface area contributed by atoms with Crippen LogP contribution < -0.4 is 9.62 Å². The van der Waals surface area contributed by atoms with Crippen molar-refractivity contribution in [1.82, 2.24) is 9.97 Å². The monoisotopic (exact) mass is 434 g/mol. The first-order valence-corrected chi connectivity index (χ1v) is 11.3. The van der Waals surface area contributed by atoms with E-state index in [0.717, 1.165) is 16.7 Å². The van der Waals surface area contributed by atoms with Gasteiger partial charge in [-0.2, -0.15) is 0 Å². The van der Waals surface area contributed by atoms with E-state index in [4.69, 9.17) is 4.42 Å². The zero-order chi connectivity index (χ0) is 21.8. The zero-order valence-corrected chi connectivity index (χ0v) is 18.0. The molecule has 0 aliphatic carbocycles. The van der Waals surface area contributed by atoms with Crippen LogP contribution in [0.5, 0.6) is 0 Å². The Balaban J connectivity index is 1.55. The molecule has 158 valence electrons. The number of nitrogens with one attached hydrogen (secondary N) is 1. The molecule has 0 aliphatic rings. The highest BCUT2D eigenvalue weighted by molar-refractivity contribution is 7.92. The summed E-state index contributed by atoms with van der Waals surface area (Å²) in [6.07, 6.45) is 5.00. The number of pyridine rings is 1. The zero-order valence-electron chi connectivity index (χ0n) is 17.2. The van der Waals surface area contributed by atoms with Crippen LogP contribution in [0.1, 0.15) is 11.1 Å². The van der Waals surface area contributed by atoms with E-state index in [1.807, 2.05) is 43.3 Å². The van der Waals surface area contributed by atoms with E-state index in [2.05, 4.69) is 15.3 Å². The molecule has 0 atom stereocenters. The van der Waals surface area contributed by atoms with Gasteiger partial charge < -0.3 is 9.73 Å². The molecule has 0 amide bonds. The third kappa shape index (κ3) is 4.75. The van der Waals surface area contributed by atoms with Gasteiger partial charge in [0.25, 0.3) is 6.01 Å². The summed E-state index contributed by atoms with van der Waals surface area (Å²) in [7, 11) is -1.99. The van der Waals surface area contributed by atoms with Crippen LogP contribution in [0.25, 0.3) is 11.3 Å². The molecule has 2 heterocycles. The molecule has 4 aromatic rings. The molecule has 7 nitrogen and oxygen atoms in total. The lowest BCUT2D eigenvalue weighted by atomic mass is 10.2. The quantitative estimate of drug-likeness (QED) is 0.451. The van der Waals surface area contributed by atoms with Crippen LogP contribution in [0.2, 0.25) is 0 Å². The first-order valence-electron chi connectivity index (χ1n) is 9.67. The number of anilines is 3. The van der Waals surface area contributed by atoms with Gasteiger partial charge in [-0.05, 0) is 42.3 Å². The third-order valence-corrected chi connectivity index (χ3v) is 6.65. The minimum absolute atomic E-state index is 0.0734. The average Bonchev–Trinajstić information content (AvgIpc) is 3.24.